The van der Waals surface area contributed by atoms with Crippen LogP contribution in [0.2, 0.25) is 0 Å². The first-order chi connectivity index (χ1) is 11.7. The van der Waals surface area contributed by atoms with E-state index in [1.807, 2.05) is 18.2 Å². The first-order valence-electron chi connectivity index (χ1n) is 8.10. The normalized spacial score (nSPS) is 16.8. The number of aromatic nitrogens is 3. The maximum absolute atomic E-state index is 12.3. The van der Waals surface area contributed by atoms with Gasteiger partial charge in [-0.1, -0.05) is 6.07 Å². The molecule has 126 valence electrons. The molecule has 0 aliphatic carbocycles. The van der Waals surface area contributed by atoms with Gasteiger partial charge in [0.2, 0.25) is 0 Å². The van der Waals surface area contributed by atoms with Gasteiger partial charge >= 0.3 is 0 Å². The molecule has 3 heterocycles. The summed E-state index contributed by atoms with van der Waals surface area (Å²) in [6.07, 6.45) is 4.05. The minimum atomic E-state index is -0.244. The van der Waals surface area contributed by atoms with Gasteiger partial charge in [0.1, 0.15) is 17.3 Å². The number of pyridine rings is 1. The maximum Gasteiger partial charge on any atom is 0.270 e. The van der Waals surface area contributed by atoms with Crippen molar-refractivity contribution >= 4 is 11.7 Å². The molecule has 1 aliphatic rings. The first-order valence-corrected chi connectivity index (χ1v) is 8.10. The summed E-state index contributed by atoms with van der Waals surface area (Å²) in [7, 11) is 0. The van der Waals surface area contributed by atoms with Crippen molar-refractivity contribution in [3.8, 4) is 0 Å². The summed E-state index contributed by atoms with van der Waals surface area (Å²) >= 11 is 0. The summed E-state index contributed by atoms with van der Waals surface area (Å²) in [5.41, 5.74) is 1.14. The predicted molar refractivity (Wildman–Crippen MR) is 89.6 cm³/mol. The lowest BCUT2D eigenvalue weighted by Crippen LogP contribution is -2.25. The van der Waals surface area contributed by atoms with Crippen LogP contribution in [0.4, 0.5) is 5.82 Å². The lowest BCUT2D eigenvalue weighted by molar-refractivity contribution is 0.0945. The van der Waals surface area contributed by atoms with Gasteiger partial charge in [-0.15, -0.1) is 0 Å². The van der Waals surface area contributed by atoms with Crippen molar-refractivity contribution in [1.82, 2.24) is 20.3 Å². The minimum absolute atomic E-state index is 0.210. The van der Waals surface area contributed by atoms with E-state index in [-0.39, 0.29) is 12.0 Å². The average Bonchev–Trinajstić information content (AvgIpc) is 3.12. The van der Waals surface area contributed by atoms with Crippen LogP contribution in [0, 0.1) is 6.92 Å². The molecule has 2 N–H and O–H groups in total. The van der Waals surface area contributed by atoms with Crippen molar-refractivity contribution in [2.75, 3.05) is 18.5 Å². The molecule has 0 bridgehead atoms. The summed E-state index contributed by atoms with van der Waals surface area (Å²) in [5.74, 6) is 0.947. The molecule has 7 nitrogen and oxygen atoms in total. The maximum atomic E-state index is 12.3. The number of nitrogens with zero attached hydrogens (tertiary/aromatic N) is 3. The van der Waals surface area contributed by atoms with Gasteiger partial charge in [-0.3, -0.25) is 9.78 Å². The quantitative estimate of drug-likeness (QED) is 0.839. The number of hydrogen-bond acceptors (Lipinski definition) is 6. The zero-order valence-electron chi connectivity index (χ0n) is 13.7. The molecule has 1 amide bonds. The topological polar surface area (TPSA) is 89.0 Å². The molecule has 1 atom stereocenters. The van der Waals surface area contributed by atoms with Gasteiger partial charge in [0, 0.05) is 25.4 Å². The lowest BCUT2D eigenvalue weighted by atomic mass is 10.2. The monoisotopic (exact) mass is 327 g/mol. The second kappa shape index (κ2) is 7.83. The molecule has 1 unspecified atom stereocenters. The Bertz CT molecular complexity index is 687. The van der Waals surface area contributed by atoms with Crippen LogP contribution in [0.5, 0.6) is 0 Å². The summed E-state index contributed by atoms with van der Waals surface area (Å²) in [5, 5.41) is 6.05. The second-order valence-electron chi connectivity index (χ2n) is 5.71. The number of amides is 1. The van der Waals surface area contributed by atoms with Crippen molar-refractivity contribution in [2.24, 2.45) is 0 Å². The first kappa shape index (κ1) is 16.3. The average molecular weight is 327 g/mol. The SMILES string of the molecule is Cc1nc(NCC2CCCO2)cc(C(=O)NCc2ccccn2)n1. The minimum Gasteiger partial charge on any atom is -0.376 e. The highest BCUT2D eigenvalue weighted by Crippen LogP contribution is 2.13. The van der Waals surface area contributed by atoms with Crippen molar-refractivity contribution in [3.63, 3.8) is 0 Å². The molecule has 0 aromatic carbocycles. The van der Waals surface area contributed by atoms with Crippen LogP contribution in [0.15, 0.2) is 30.5 Å². The van der Waals surface area contributed by atoms with Crippen LogP contribution in [0.25, 0.3) is 0 Å². The number of anilines is 1. The highest BCUT2D eigenvalue weighted by molar-refractivity contribution is 5.92. The molecule has 1 saturated heterocycles. The molecule has 7 heteroatoms. The predicted octanol–water partition coefficient (Wildman–Crippen LogP) is 1.70. The molecule has 2 aromatic heterocycles. The molecule has 1 fully saturated rings. The molecule has 3 rings (SSSR count). The van der Waals surface area contributed by atoms with E-state index in [9.17, 15) is 4.79 Å². The van der Waals surface area contributed by atoms with E-state index in [1.54, 1.807) is 19.2 Å². The summed E-state index contributed by atoms with van der Waals surface area (Å²) < 4.78 is 5.58. The van der Waals surface area contributed by atoms with Crippen LogP contribution in [0.3, 0.4) is 0 Å². The van der Waals surface area contributed by atoms with Gasteiger partial charge in [-0.25, -0.2) is 9.97 Å². The van der Waals surface area contributed by atoms with Crippen molar-refractivity contribution in [1.29, 1.82) is 0 Å². The fraction of sp³-hybridized carbons (Fsp3) is 0.412. The highest BCUT2D eigenvalue weighted by Gasteiger charge is 2.16. The second-order valence-corrected chi connectivity index (χ2v) is 5.71. The number of carbonyl (C=O) groups excluding carboxylic acids is 1. The van der Waals surface area contributed by atoms with Gasteiger partial charge in [0.25, 0.3) is 5.91 Å². The summed E-state index contributed by atoms with van der Waals surface area (Å²) in [6.45, 7) is 3.63. The zero-order valence-corrected chi connectivity index (χ0v) is 13.7. The number of aryl methyl sites for hydroxylation is 1. The van der Waals surface area contributed by atoms with Crippen molar-refractivity contribution in [2.45, 2.75) is 32.4 Å². The third-order valence-electron chi connectivity index (χ3n) is 3.76. The fourth-order valence-electron chi connectivity index (χ4n) is 2.56. The smallest absolute Gasteiger partial charge is 0.270 e. The standard InChI is InChI=1S/C17H21N5O2/c1-12-21-15(17(23)20-10-13-5-2-3-7-18-13)9-16(22-12)19-11-14-6-4-8-24-14/h2-3,5,7,9,14H,4,6,8,10-11H2,1H3,(H,20,23)(H,19,21,22). The number of ether oxygens (including phenoxy) is 1. The van der Waals surface area contributed by atoms with Crippen molar-refractivity contribution < 1.29 is 9.53 Å². The van der Waals surface area contributed by atoms with Crippen molar-refractivity contribution in [3.05, 3.63) is 47.7 Å². The summed E-state index contributed by atoms with van der Waals surface area (Å²) in [6, 6.07) is 7.25. The van der Waals surface area contributed by atoms with E-state index in [0.29, 0.717) is 30.4 Å². The molecule has 1 aliphatic heterocycles. The Morgan fingerprint density at radius 3 is 3.04 bits per heavy atom. The van der Waals surface area contributed by atoms with E-state index < -0.39 is 0 Å². The van der Waals surface area contributed by atoms with E-state index in [0.717, 1.165) is 25.1 Å². The Balaban J connectivity index is 1.60. The van der Waals surface area contributed by atoms with Gasteiger partial charge in [0.05, 0.1) is 18.3 Å². The fourth-order valence-corrected chi connectivity index (χ4v) is 2.56. The number of rotatable bonds is 6. The van der Waals surface area contributed by atoms with Gasteiger partial charge in [-0.2, -0.15) is 0 Å². The number of nitrogens with one attached hydrogen (secondary N) is 2. The van der Waals surface area contributed by atoms with E-state index in [1.165, 1.54) is 0 Å². The largest absolute Gasteiger partial charge is 0.376 e. The summed E-state index contributed by atoms with van der Waals surface area (Å²) in [4.78, 5) is 25.0. The Hall–Kier alpha value is -2.54. The third kappa shape index (κ3) is 4.48. The Labute approximate surface area is 140 Å². The van der Waals surface area contributed by atoms with Crippen LogP contribution in [0.1, 0.15) is 34.8 Å². The highest BCUT2D eigenvalue weighted by atomic mass is 16.5. The Morgan fingerprint density at radius 2 is 2.29 bits per heavy atom. The van der Waals surface area contributed by atoms with E-state index >= 15 is 0 Å². The Kier molecular flexibility index (Phi) is 5.32. The van der Waals surface area contributed by atoms with Crippen LogP contribution >= 0.6 is 0 Å². The lowest BCUT2D eigenvalue weighted by Gasteiger charge is -2.12. The van der Waals surface area contributed by atoms with Crippen LogP contribution < -0.4 is 10.6 Å². The molecule has 2 aromatic rings. The molecule has 0 saturated carbocycles. The molecule has 24 heavy (non-hydrogen) atoms. The van der Waals surface area contributed by atoms with Gasteiger partial charge in [-0.05, 0) is 31.9 Å². The van der Waals surface area contributed by atoms with Crippen LogP contribution in [-0.2, 0) is 11.3 Å². The third-order valence-corrected chi connectivity index (χ3v) is 3.76. The van der Waals surface area contributed by atoms with Crippen LogP contribution in [-0.4, -0.2) is 40.1 Å². The number of hydrogen-bond donors (Lipinski definition) is 2. The number of carbonyl (C=O) groups is 1. The van der Waals surface area contributed by atoms with Gasteiger partial charge in [0.15, 0.2) is 0 Å². The zero-order chi connectivity index (χ0) is 16.8. The molecule has 0 radical (unpaired) electrons. The van der Waals surface area contributed by atoms with E-state index in [2.05, 4.69) is 25.6 Å². The molecular weight excluding hydrogens is 306 g/mol. The molecular formula is C17H21N5O2. The Morgan fingerprint density at radius 1 is 1.38 bits per heavy atom. The van der Waals surface area contributed by atoms with Gasteiger partial charge < -0.3 is 15.4 Å². The molecule has 0 spiro atoms. The van der Waals surface area contributed by atoms with E-state index in [4.69, 9.17) is 4.74 Å².